The van der Waals surface area contributed by atoms with Crippen LogP contribution < -0.4 is 10.2 Å². The van der Waals surface area contributed by atoms with Gasteiger partial charge in [0.1, 0.15) is 11.7 Å². The van der Waals surface area contributed by atoms with Gasteiger partial charge in [0.25, 0.3) is 0 Å². The lowest BCUT2D eigenvalue weighted by molar-refractivity contribution is -0.0824. The first-order chi connectivity index (χ1) is 9.44. The number of rotatable bonds is 3. The van der Waals surface area contributed by atoms with Crippen molar-refractivity contribution >= 4 is 17.7 Å². The predicted octanol–water partition coefficient (Wildman–Crippen LogP) is 2.75. The van der Waals surface area contributed by atoms with Crippen molar-refractivity contribution in [3.8, 4) is 5.75 Å². The van der Waals surface area contributed by atoms with E-state index in [1.54, 1.807) is 7.11 Å². The van der Waals surface area contributed by atoms with Gasteiger partial charge in [-0.05, 0) is 32.9 Å². The second-order valence-corrected chi connectivity index (χ2v) is 6.68. The van der Waals surface area contributed by atoms with Crippen molar-refractivity contribution in [1.29, 1.82) is 0 Å². The van der Waals surface area contributed by atoms with Crippen LogP contribution in [-0.2, 0) is 16.1 Å². The lowest BCUT2D eigenvalue weighted by atomic mass is 10.0. The van der Waals surface area contributed by atoms with E-state index in [-0.39, 0.29) is 11.6 Å². The normalized spacial score (nSPS) is 18.4. The molecule has 0 aliphatic carbocycles. The molecule has 1 aromatic carbocycles. The summed E-state index contributed by atoms with van der Waals surface area (Å²) in [6.07, 6.45) is 0.646. The second-order valence-electron chi connectivity index (χ2n) is 5.59. The van der Waals surface area contributed by atoms with Gasteiger partial charge in [0.2, 0.25) is 0 Å². The second kappa shape index (κ2) is 6.02. The Labute approximate surface area is 123 Å². The van der Waals surface area contributed by atoms with E-state index in [2.05, 4.69) is 5.48 Å². The molecule has 5 heteroatoms. The Hall–Kier alpha value is -1.26. The van der Waals surface area contributed by atoms with Crippen molar-refractivity contribution in [1.82, 2.24) is 5.48 Å². The number of hydroxylamine groups is 1. The standard InChI is InChI=1S/C15H19NO3S/c1-15(2,3)19-16-11-8-10-12(18-4)6-5-7-13(10)20-14(11)9-17/h5-7,11,16H,8H2,1-4H3. The van der Waals surface area contributed by atoms with Crippen LogP contribution >= 0.6 is 11.8 Å². The molecule has 2 rings (SSSR count). The number of hydrogen-bond donors (Lipinski definition) is 1. The van der Waals surface area contributed by atoms with Crippen LogP contribution in [0.1, 0.15) is 26.3 Å². The first-order valence-corrected chi connectivity index (χ1v) is 7.28. The molecule has 0 radical (unpaired) electrons. The molecule has 4 nitrogen and oxygen atoms in total. The van der Waals surface area contributed by atoms with Crippen LogP contribution in [0.2, 0.25) is 0 Å². The number of methoxy groups -OCH3 is 1. The third kappa shape index (κ3) is 3.44. The molecule has 1 atom stereocenters. The first-order valence-electron chi connectivity index (χ1n) is 6.47. The van der Waals surface area contributed by atoms with E-state index in [4.69, 9.17) is 9.57 Å². The van der Waals surface area contributed by atoms with E-state index in [0.29, 0.717) is 11.3 Å². The van der Waals surface area contributed by atoms with Gasteiger partial charge in [-0.1, -0.05) is 17.8 Å². The van der Waals surface area contributed by atoms with E-state index in [9.17, 15) is 4.79 Å². The summed E-state index contributed by atoms with van der Waals surface area (Å²) in [5.74, 6) is 2.85. The molecule has 0 bridgehead atoms. The summed E-state index contributed by atoms with van der Waals surface area (Å²) in [5.41, 5.74) is 3.75. The van der Waals surface area contributed by atoms with Crippen molar-refractivity contribution in [2.24, 2.45) is 0 Å². The molecule has 0 saturated carbocycles. The molecule has 0 spiro atoms. The highest BCUT2D eigenvalue weighted by Crippen LogP contribution is 2.40. The average Bonchev–Trinajstić information content (AvgIpc) is 2.42. The molecule has 0 saturated heterocycles. The third-order valence-corrected chi connectivity index (χ3v) is 4.05. The molecule has 1 unspecified atom stereocenters. The average molecular weight is 293 g/mol. The zero-order valence-electron chi connectivity index (χ0n) is 12.1. The summed E-state index contributed by atoms with van der Waals surface area (Å²) < 4.78 is 5.39. The molecular formula is C15H19NO3S. The predicted molar refractivity (Wildman–Crippen MR) is 79.5 cm³/mol. The minimum Gasteiger partial charge on any atom is -0.496 e. The van der Waals surface area contributed by atoms with E-state index >= 15 is 0 Å². The van der Waals surface area contributed by atoms with Crippen molar-refractivity contribution in [3.63, 3.8) is 0 Å². The Morgan fingerprint density at radius 1 is 1.40 bits per heavy atom. The minimum absolute atomic E-state index is 0.194. The topological polar surface area (TPSA) is 47.6 Å². The molecule has 1 aliphatic heterocycles. The van der Waals surface area contributed by atoms with Crippen LogP contribution in [0.5, 0.6) is 5.75 Å². The third-order valence-electron chi connectivity index (χ3n) is 2.86. The molecule has 20 heavy (non-hydrogen) atoms. The Kier molecular flexibility index (Phi) is 4.55. The summed E-state index contributed by atoms with van der Waals surface area (Å²) in [4.78, 5) is 18.4. The molecule has 1 heterocycles. The van der Waals surface area contributed by atoms with Gasteiger partial charge >= 0.3 is 0 Å². The van der Waals surface area contributed by atoms with Gasteiger partial charge in [-0.15, -0.1) is 0 Å². The Morgan fingerprint density at radius 3 is 2.75 bits per heavy atom. The maximum Gasteiger partial charge on any atom is 0.137 e. The number of carbonyl (C=O) groups excluding carboxylic acids is 1. The maximum atomic E-state index is 11.1. The lowest BCUT2D eigenvalue weighted by Gasteiger charge is -2.29. The van der Waals surface area contributed by atoms with Crippen molar-refractivity contribution < 1.29 is 14.4 Å². The maximum absolute atomic E-state index is 11.1. The van der Waals surface area contributed by atoms with E-state index in [1.165, 1.54) is 11.8 Å². The Balaban J connectivity index is 2.25. The van der Waals surface area contributed by atoms with Gasteiger partial charge in [0.15, 0.2) is 0 Å². The van der Waals surface area contributed by atoms with Crippen molar-refractivity contribution in [2.45, 2.75) is 43.7 Å². The smallest absolute Gasteiger partial charge is 0.137 e. The van der Waals surface area contributed by atoms with Crippen LogP contribution in [0, 0.1) is 0 Å². The number of hydrogen-bond acceptors (Lipinski definition) is 5. The summed E-state index contributed by atoms with van der Waals surface area (Å²) >= 11 is 1.42. The van der Waals surface area contributed by atoms with Gasteiger partial charge in [0, 0.05) is 16.9 Å². The molecule has 0 fully saturated rings. The monoisotopic (exact) mass is 293 g/mol. The number of ether oxygens (including phenoxy) is 1. The summed E-state index contributed by atoms with van der Waals surface area (Å²) in [5, 5.41) is 0. The minimum atomic E-state index is -0.320. The van der Waals surface area contributed by atoms with E-state index < -0.39 is 0 Å². The van der Waals surface area contributed by atoms with Crippen LogP contribution in [0.4, 0.5) is 0 Å². The molecule has 108 valence electrons. The molecule has 1 aliphatic rings. The van der Waals surface area contributed by atoms with Crippen molar-refractivity contribution in [2.75, 3.05) is 7.11 Å². The number of benzene rings is 1. The zero-order valence-corrected chi connectivity index (χ0v) is 13.0. The summed E-state index contributed by atoms with van der Waals surface area (Å²) in [6, 6.07) is 5.64. The van der Waals surface area contributed by atoms with Crippen LogP contribution in [-0.4, -0.2) is 24.7 Å². The van der Waals surface area contributed by atoms with E-state index in [0.717, 1.165) is 16.2 Å². The van der Waals surface area contributed by atoms with Crippen LogP contribution in [0.3, 0.4) is 0 Å². The highest BCUT2D eigenvalue weighted by Gasteiger charge is 2.28. The quantitative estimate of drug-likeness (QED) is 0.686. The Bertz CT molecular complexity index is 545. The SMILES string of the molecule is COc1cccc2c1CC(NOC(C)(C)C)C(=C=O)S2. The summed E-state index contributed by atoms with van der Waals surface area (Å²) in [7, 11) is 1.65. The fourth-order valence-corrected chi connectivity index (χ4v) is 2.96. The highest BCUT2D eigenvalue weighted by atomic mass is 32.2. The molecule has 1 N–H and O–H groups in total. The number of thioether (sulfide) groups is 1. The fraction of sp³-hybridized carbons (Fsp3) is 0.467. The lowest BCUT2D eigenvalue weighted by Crippen LogP contribution is -2.40. The molecule has 1 aromatic rings. The zero-order chi connectivity index (χ0) is 14.8. The van der Waals surface area contributed by atoms with Gasteiger partial charge < -0.3 is 4.74 Å². The fourth-order valence-electron chi connectivity index (χ4n) is 1.96. The molecular weight excluding hydrogens is 274 g/mol. The molecule has 0 amide bonds. The largest absolute Gasteiger partial charge is 0.496 e. The van der Waals surface area contributed by atoms with Crippen LogP contribution in [0.25, 0.3) is 0 Å². The Morgan fingerprint density at radius 2 is 2.15 bits per heavy atom. The highest BCUT2D eigenvalue weighted by molar-refractivity contribution is 8.03. The van der Waals surface area contributed by atoms with Gasteiger partial charge in [0.05, 0.1) is 23.7 Å². The van der Waals surface area contributed by atoms with Gasteiger partial charge in [-0.3, -0.25) is 4.84 Å². The summed E-state index contributed by atoms with van der Waals surface area (Å²) in [6.45, 7) is 5.86. The van der Waals surface area contributed by atoms with Gasteiger partial charge in [-0.2, -0.15) is 5.48 Å². The first kappa shape index (κ1) is 15.1. The molecule has 0 aromatic heterocycles. The number of fused-ring (bicyclic) bond motifs is 1. The van der Waals surface area contributed by atoms with E-state index in [1.807, 2.05) is 44.9 Å². The van der Waals surface area contributed by atoms with Crippen LogP contribution in [0.15, 0.2) is 28.0 Å². The van der Waals surface area contributed by atoms with Crippen molar-refractivity contribution in [3.05, 3.63) is 28.7 Å². The number of nitrogens with one attached hydrogen (secondary N) is 1. The van der Waals surface area contributed by atoms with Gasteiger partial charge in [-0.25, -0.2) is 4.79 Å².